The largest absolute Gasteiger partial charge is 0.472 e. The van der Waals surface area contributed by atoms with Crippen LogP contribution in [0.2, 0.25) is 0 Å². The third-order valence-corrected chi connectivity index (χ3v) is 16.5. The highest BCUT2D eigenvalue weighted by molar-refractivity contribution is 7.47. The summed E-state index contributed by atoms with van der Waals surface area (Å²) in [5.74, 6) is -0.514. The summed E-state index contributed by atoms with van der Waals surface area (Å²) in [7, 11) is 1.48. The third-order valence-electron chi connectivity index (χ3n) is 15.5. The molecule has 0 aromatic carbocycles. The van der Waals surface area contributed by atoms with Crippen molar-refractivity contribution in [3.63, 3.8) is 0 Å². The summed E-state index contributed by atoms with van der Waals surface area (Å²) >= 11 is 0. The highest BCUT2D eigenvalue weighted by Crippen LogP contribution is 2.43. The lowest BCUT2D eigenvalue weighted by Gasteiger charge is -2.27. The van der Waals surface area contributed by atoms with Crippen LogP contribution in [0.4, 0.5) is 0 Å². The first kappa shape index (κ1) is 81.9. The van der Waals surface area contributed by atoms with E-state index in [2.05, 4.69) is 111 Å². The number of allylic oxidation sites excluding steroid dienone is 15. The van der Waals surface area contributed by atoms with Crippen molar-refractivity contribution in [2.24, 2.45) is 0 Å². The molecule has 0 aliphatic carbocycles. The maximum atomic E-state index is 13.6. The van der Waals surface area contributed by atoms with Crippen LogP contribution in [-0.2, 0) is 27.9 Å². The Balaban J connectivity index is 5.04. The van der Waals surface area contributed by atoms with E-state index in [1.807, 2.05) is 33.3 Å². The average Bonchev–Trinajstić information content (AvgIpc) is 3.62. The standard InChI is InChI=1S/C75H135N2O7P/c1-7-10-13-16-19-22-25-27-29-31-33-35-37-38-40-42-44-46-48-50-53-56-59-62-65-68-75(79)84-73(66-63-60-57-54-51-24-21-18-15-12-9-3)72(71-83-85(80,81)82-70-69-77(4,5)6)76-74(78)67-64-61-58-55-52-49-47-45-43-41-39-36-34-32-30-28-26-23-20-17-14-11-8-2/h11,14,19-20,22-23,27-30,34,36,41,43,63,66,72-73H,7-10,12-13,15-18,21,24-26,31-33,35,37-40,42,44-62,64-65,67-71H2,1-6H3,(H-,76,78,80,81)/p+1/b14-11-,22-19-,23-20-,29-27-,30-28-,36-34-,43-41-,66-63+. The van der Waals surface area contributed by atoms with Gasteiger partial charge in [-0.2, -0.15) is 0 Å². The predicted molar refractivity (Wildman–Crippen MR) is 369 cm³/mol. The van der Waals surface area contributed by atoms with Gasteiger partial charge in [-0.15, -0.1) is 0 Å². The molecule has 0 aromatic rings. The summed E-state index contributed by atoms with van der Waals surface area (Å²) in [4.78, 5) is 37.9. The second-order valence-corrected chi connectivity index (χ2v) is 26.5. The summed E-state index contributed by atoms with van der Waals surface area (Å²) in [6.07, 6.45) is 87.1. The summed E-state index contributed by atoms with van der Waals surface area (Å²) in [6, 6.07) is -0.860. The van der Waals surface area contributed by atoms with Crippen LogP contribution in [0.3, 0.4) is 0 Å². The lowest BCUT2D eigenvalue weighted by molar-refractivity contribution is -0.870. The van der Waals surface area contributed by atoms with Crippen LogP contribution < -0.4 is 5.32 Å². The number of phosphoric acid groups is 1. The summed E-state index contributed by atoms with van der Waals surface area (Å²) < 4.78 is 30.8. The first-order chi connectivity index (χ1) is 41.4. The van der Waals surface area contributed by atoms with E-state index in [4.69, 9.17) is 13.8 Å². The van der Waals surface area contributed by atoms with E-state index in [9.17, 15) is 19.0 Å². The minimum absolute atomic E-state index is 0.0346. The molecule has 492 valence electrons. The smallest absolute Gasteiger partial charge is 0.456 e. The van der Waals surface area contributed by atoms with Gasteiger partial charge in [-0.1, -0.05) is 292 Å². The van der Waals surface area contributed by atoms with E-state index in [0.717, 1.165) is 109 Å². The molecule has 0 aromatic heterocycles. The summed E-state index contributed by atoms with van der Waals surface area (Å²) in [5.41, 5.74) is 0. The Bertz CT molecular complexity index is 1780. The highest BCUT2D eigenvalue weighted by Gasteiger charge is 2.30. The Kier molecular flexibility index (Phi) is 61.6. The van der Waals surface area contributed by atoms with Crippen LogP contribution in [-0.4, -0.2) is 74.3 Å². The maximum absolute atomic E-state index is 13.6. The topological polar surface area (TPSA) is 111 Å². The quantitative estimate of drug-likeness (QED) is 0.0205. The average molecular weight is 1210 g/mol. The third kappa shape index (κ3) is 65.2. The molecule has 10 heteroatoms. The molecular weight excluding hydrogens is 1070 g/mol. The highest BCUT2D eigenvalue weighted by atomic mass is 31.2. The molecule has 0 aliphatic heterocycles. The lowest BCUT2D eigenvalue weighted by atomic mass is 10.0. The Hall–Kier alpha value is -3.07. The van der Waals surface area contributed by atoms with Crippen molar-refractivity contribution >= 4 is 19.7 Å². The van der Waals surface area contributed by atoms with Crippen LogP contribution in [0.5, 0.6) is 0 Å². The van der Waals surface area contributed by atoms with Crippen LogP contribution in [0.25, 0.3) is 0 Å². The van der Waals surface area contributed by atoms with Gasteiger partial charge in [0.15, 0.2) is 0 Å². The molecule has 0 heterocycles. The predicted octanol–water partition coefficient (Wildman–Crippen LogP) is 22.7. The first-order valence-corrected chi connectivity index (χ1v) is 37.1. The van der Waals surface area contributed by atoms with E-state index in [1.165, 1.54) is 173 Å². The number of phosphoric ester groups is 1. The first-order valence-electron chi connectivity index (χ1n) is 35.6. The fraction of sp³-hybridized carbons (Fsp3) is 0.760. The Morgan fingerprint density at radius 2 is 0.753 bits per heavy atom. The number of nitrogens with zero attached hydrogens (tertiary/aromatic N) is 1. The molecule has 2 N–H and O–H groups in total. The Morgan fingerprint density at radius 3 is 1.15 bits per heavy atom. The summed E-state index contributed by atoms with van der Waals surface area (Å²) in [5, 5.41) is 3.06. The van der Waals surface area contributed by atoms with Gasteiger partial charge < -0.3 is 19.4 Å². The van der Waals surface area contributed by atoms with Crippen LogP contribution in [0.15, 0.2) is 97.2 Å². The van der Waals surface area contributed by atoms with Crippen molar-refractivity contribution in [3.05, 3.63) is 97.2 Å². The molecule has 1 amide bonds. The Labute approximate surface area is 526 Å². The second kappa shape index (κ2) is 63.9. The number of quaternary nitrogens is 1. The zero-order valence-electron chi connectivity index (χ0n) is 56.3. The molecule has 85 heavy (non-hydrogen) atoms. The number of nitrogens with one attached hydrogen (secondary N) is 1. The van der Waals surface area contributed by atoms with Gasteiger partial charge >= 0.3 is 13.8 Å². The number of carbonyl (C=O) groups excluding carboxylic acids is 2. The fourth-order valence-electron chi connectivity index (χ4n) is 10.1. The SMILES string of the molecule is CC/C=C\C/C=C\C/C=C\C/C=C\C/C=C\CCCCCCCCCC(=O)NC(COP(=O)(O)OCC[N+](C)(C)C)C(/C=C/CCCCCCCCCCC)OC(=O)CCCCCCCCCCCCCCCCC/C=C\C/C=C\CCCCC. The molecular formula is C75H136N2O7P+. The molecule has 0 bridgehead atoms. The van der Waals surface area contributed by atoms with E-state index in [-0.39, 0.29) is 31.5 Å². The zero-order chi connectivity index (χ0) is 62.1. The van der Waals surface area contributed by atoms with Gasteiger partial charge in [0.2, 0.25) is 5.91 Å². The van der Waals surface area contributed by atoms with Gasteiger partial charge in [-0.05, 0) is 109 Å². The van der Waals surface area contributed by atoms with Gasteiger partial charge in [-0.25, -0.2) is 4.57 Å². The number of hydrogen-bond acceptors (Lipinski definition) is 6. The number of unbranched alkanes of at least 4 members (excludes halogenated alkanes) is 34. The number of hydrogen-bond donors (Lipinski definition) is 2. The number of amides is 1. The second-order valence-electron chi connectivity index (χ2n) is 25.0. The monoisotopic (exact) mass is 1210 g/mol. The number of carbonyl (C=O) groups is 2. The molecule has 0 saturated heterocycles. The van der Waals surface area contributed by atoms with Gasteiger partial charge in [0.25, 0.3) is 0 Å². The van der Waals surface area contributed by atoms with Gasteiger partial charge in [0.05, 0.1) is 33.8 Å². The van der Waals surface area contributed by atoms with Crippen LogP contribution in [0, 0.1) is 0 Å². The van der Waals surface area contributed by atoms with Crippen molar-refractivity contribution < 1.29 is 37.3 Å². The zero-order valence-corrected chi connectivity index (χ0v) is 57.2. The van der Waals surface area contributed by atoms with Gasteiger partial charge in [0.1, 0.15) is 19.3 Å². The normalized spacial score (nSPS) is 14.1. The molecule has 3 unspecified atom stereocenters. The van der Waals surface area contributed by atoms with E-state index in [0.29, 0.717) is 17.4 Å². The maximum Gasteiger partial charge on any atom is 0.472 e. The number of rotatable bonds is 64. The molecule has 9 nitrogen and oxygen atoms in total. The molecule has 0 fully saturated rings. The Morgan fingerprint density at radius 1 is 0.424 bits per heavy atom. The van der Waals surface area contributed by atoms with Gasteiger partial charge in [0, 0.05) is 12.8 Å². The molecule has 0 saturated carbocycles. The van der Waals surface area contributed by atoms with Crippen LogP contribution >= 0.6 is 7.82 Å². The molecule has 0 radical (unpaired) electrons. The number of esters is 1. The van der Waals surface area contributed by atoms with E-state index < -0.39 is 20.0 Å². The minimum Gasteiger partial charge on any atom is -0.456 e. The molecule has 0 aliphatic rings. The van der Waals surface area contributed by atoms with Gasteiger partial charge in [-0.3, -0.25) is 18.6 Å². The van der Waals surface area contributed by atoms with Crippen molar-refractivity contribution in [1.29, 1.82) is 0 Å². The van der Waals surface area contributed by atoms with E-state index in [1.54, 1.807) is 0 Å². The lowest BCUT2D eigenvalue weighted by Crippen LogP contribution is -2.47. The molecule has 0 spiro atoms. The molecule has 0 rings (SSSR count). The van der Waals surface area contributed by atoms with Crippen molar-refractivity contribution in [1.82, 2.24) is 5.32 Å². The molecule has 3 atom stereocenters. The van der Waals surface area contributed by atoms with Crippen molar-refractivity contribution in [2.45, 2.75) is 328 Å². The number of likely N-dealkylation sites (N-methyl/N-ethyl adjacent to an activating group) is 1. The van der Waals surface area contributed by atoms with Crippen molar-refractivity contribution in [3.8, 4) is 0 Å². The van der Waals surface area contributed by atoms with Crippen LogP contribution in [0.1, 0.15) is 316 Å². The summed E-state index contributed by atoms with van der Waals surface area (Å²) in [6.45, 7) is 6.88. The van der Waals surface area contributed by atoms with E-state index >= 15 is 0 Å². The number of ether oxygens (including phenoxy) is 1. The minimum atomic E-state index is -4.46. The van der Waals surface area contributed by atoms with Crippen molar-refractivity contribution in [2.75, 3.05) is 40.9 Å². The fourth-order valence-corrected chi connectivity index (χ4v) is 10.8.